The number of nitrogens with one attached hydrogen (secondary N) is 1. The zero-order valence-corrected chi connectivity index (χ0v) is 15.3. The van der Waals surface area contributed by atoms with Crippen molar-refractivity contribution in [2.24, 2.45) is 0 Å². The number of aryl methyl sites for hydroxylation is 1. The van der Waals surface area contributed by atoms with Gasteiger partial charge in [0.25, 0.3) is 0 Å². The molecule has 1 heterocycles. The maximum absolute atomic E-state index is 5.34. The summed E-state index contributed by atoms with van der Waals surface area (Å²) in [5.74, 6) is 2.17. The summed E-state index contributed by atoms with van der Waals surface area (Å²) in [4.78, 5) is 0. The van der Waals surface area contributed by atoms with Crippen molar-refractivity contribution in [3.05, 3.63) is 29.3 Å². The molecule has 0 spiro atoms. The van der Waals surface area contributed by atoms with E-state index in [0.29, 0.717) is 16.5 Å². The molecule has 1 N–H and O–H groups in total. The first-order chi connectivity index (χ1) is 10.1. The number of hydrogen-bond acceptors (Lipinski definition) is 4. The molecule has 1 saturated heterocycles. The van der Waals surface area contributed by atoms with Crippen molar-refractivity contribution >= 4 is 23.5 Å². The third-order valence-corrected chi connectivity index (χ3v) is 7.68. The first-order valence-corrected chi connectivity index (χ1v) is 9.71. The number of thioether (sulfide) groups is 2. The van der Waals surface area contributed by atoms with E-state index in [1.165, 1.54) is 16.9 Å². The highest BCUT2D eigenvalue weighted by Gasteiger charge is 2.32. The van der Waals surface area contributed by atoms with E-state index in [2.05, 4.69) is 74.7 Å². The van der Waals surface area contributed by atoms with Crippen LogP contribution in [0.5, 0.6) is 5.75 Å². The number of hydrogen-bond donors (Lipinski definition) is 1. The molecule has 0 bridgehead atoms. The van der Waals surface area contributed by atoms with Crippen LogP contribution >= 0.6 is 23.5 Å². The van der Waals surface area contributed by atoms with Crippen molar-refractivity contribution in [3.8, 4) is 5.75 Å². The minimum absolute atomic E-state index is 0.424. The predicted molar refractivity (Wildman–Crippen MR) is 96.9 cm³/mol. The van der Waals surface area contributed by atoms with Crippen molar-refractivity contribution < 1.29 is 4.74 Å². The standard InChI is InChI=1S/C17H27NOS2/c1-6-18-17(16-10-20-12(3)13(4)21-16)15-8-7-14(19-5)9-11(15)2/h7-9,12-13,16-18H,6,10H2,1-5H3. The van der Waals surface area contributed by atoms with Gasteiger partial charge in [-0.2, -0.15) is 23.5 Å². The molecule has 21 heavy (non-hydrogen) atoms. The molecule has 2 nitrogen and oxygen atoms in total. The van der Waals surface area contributed by atoms with Gasteiger partial charge in [0.2, 0.25) is 0 Å². The van der Waals surface area contributed by atoms with E-state index in [1.54, 1.807) is 7.11 Å². The molecule has 1 aliphatic heterocycles. The highest BCUT2D eigenvalue weighted by Crippen LogP contribution is 2.41. The van der Waals surface area contributed by atoms with Crippen molar-refractivity contribution in [2.45, 2.75) is 49.5 Å². The van der Waals surface area contributed by atoms with E-state index in [4.69, 9.17) is 4.74 Å². The SMILES string of the molecule is CCNC(c1ccc(OC)cc1C)C1CSC(C)C(C)S1. The van der Waals surface area contributed by atoms with Gasteiger partial charge in [0, 0.05) is 27.5 Å². The summed E-state index contributed by atoms with van der Waals surface area (Å²) in [6.45, 7) is 10.1. The summed E-state index contributed by atoms with van der Waals surface area (Å²) >= 11 is 4.25. The molecule has 4 unspecified atom stereocenters. The van der Waals surface area contributed by atoms with Crippen molar-refractivity contribution in [3.63, 3.8) is 0 Å². The molecule has 4 heteroatoms. The molecule has 1 fully saturated rings. The van der Waals surface area contributed by atoms with Gasteiger partial charge in [-0.05, 0) is 36.7 Å². The van der Waals surface area contributed by atoms with Gasteiger partial charge in [-0.1, -0.05) is 26.8 Å². The summed E-state index contributed by atoms with van der Waals surface area (Å²) in [6.07, 6.45) is 0. The normalized spacial score (nSPS) is 27.4. The van der Waals surface area contributed by atoms with Crippen LogP contribution < -0.4 is 10.1 Å². The van der Waals surface area contributed by atoms with Gasteiger partial charge in [0.15, 0.2) is 0 Å². The van der Waals surface area contributed by atoms with Gasteiger partial charge in [-0.15, -0.1) is 0 Å². The smallest absolute Gasteiger partial charge is 0.119 e. The van der Waals surface area contributed by atoms with Crippen LogP contribution in [0.3, 0.4) is 0 Å². The first kappa shape index (κ1) is 17.0. The molecule has 0 aliphatic carbocycles. The molecule has 1 aromatic rings. The fraction of sp³-hybridized carbons (Fsp3) is 0.647. The molecule has 0 radical (unpaired) electrons. The topological polar surface area (TPSA) is 21.3 Å². The second kappa shape index (κ2) is 7.80. The highest BCUT2D eigenvalue weighted by molar-refractivity contribution is 8.07. The molecule has 1 aromatic carbocycles. The van der Waals surface area contributed by atoms with Crippen LogP contribution in [0.4, 0.5) is 0 Å². The van der Waals surface area contributed by atoms with Crippen LogP contribution in [0.15, 0.2) is 18.2 Å². The number of rotatable bonds is 5. The largest absolute Gasteiger partial charge is 0.497 e. The van der Waals surface area contributed by atoms with Crippen LogP contribution in [-0.4, -0.2) is 35.2 Å². The quantitative estimate of drug-likeness (QED) is 0.872. The number of methoxy groups -OCH3 is 1. The summed E-state index contributed by atoms with van der Waals surface area (Å²) in [5.41, 5.74) is 2.73. The van der Waals surface area contributed by atoms with Crippen molar-refractivity contribution in [1.29, 1.82) is 0 Å². The van der Waals surface area contributed by atoms with Gasteiger partial charge in [-0.25, -0.2) is 0 Å². The summed E-state index contributed by atoms with van der Waals surface area (Å²) in [6, 6.07) is 6.88. The zero-order chi connectivity index (χ0) is 15.4. The monoisotopic (exact) mass is 325 g/mol. The molecule has 1 aliphatic rings. The predicted octanol–water partition coefficient (Wildman–Crippen LogP) is 4.28. The second-order valence-corrected chi connectivity index (χ2v) is 8.71. The Morgan fingerprint density at radius 1 is 1.33 bits per heavy atom. The number of ether oxygens (including phenoxy) is 1. The minimum atomic E-state index is 0.424. The van der Waals surface area contributed by atoms with Crippen LogP contribution in [0, 0.1) is 6.92 Å². The van der Waals surface area contributed by atoms with Crippen LogP contribution in [0.1, 0.15) is 37.9 Å². The zero-order valence-electron chi connectivity index (χ0n) is 13.7. The molecular weight excluding hydrogens is 298 g/mol. The Hall–Kier alpha value is -0.320. The van der Waals surface area contributed by atoms with Crippen LogP contribution in [-0.2, 0) is 0 Å². The summed E-state index contributed by atoms with van der Waals surface area (Å²) < 4.78 is 5.34. The van der Waals surface area contributed by atoms with E-state index in [9.17, 15) is 0 Å². The molecule has 4 atom stereocenters. The lowest BCUT2D eigenvalue weighted by atomic mass is 9.98. The van der Waals surface area contributed by atoms with Gasteiger partial charge in [0.1, 0.15) is 5.75 Å². The fourth-order valence-electron chi connectivity index (χ4n) is 2.77. The van der Waals surface area contributed by atoms with E-state index in [1.807, 2.05) is 0 Å². The van der Waals surface area contributed by atoms with Gasteiger partial charge < -0.3 is 10.1 Å². The Kier molecular flexibility index (Phi) is 6.33. The summed E-state index contributed by atoms with van der Waals surface area (Å²) in [7, 11) is 1.73. The molecule has 0 amide bonds. The number of benzene rings is 1. The Morgan fingerprint density at radius 2 is 2.10 bits per heavy atom. The maximum Gasteiger partial charge on any atom is 0.119 e. The average molecular weight is 326 g/mol. The van der Waals surface area contributed by atoms with E-state index < -0.39 is 0 Å². The van der Waals surface area contributed by atoms with Gasteiger partial charge in [-0.3, -0.25) is 0 Å². The first-order valence-electron chi connectivity index (χ1n) is 7.71. The van der Waals surface area contributed by atoms with Crippen LogP contribution in [0.2, 0.25) is 0 Å². The van der Waals surface area contributed by atoms with E-state index >= 15 is 0 Å². The lowest BCUT2D eigenvalue weighted by Crippen LogP contribution is -2.37. The van der Waals surface area contributed by atoms with Gasteiger partial charge >= 0.3 is 0 Å². The molecular formula is C17H27NOS2. The summed E-state index contributed by atoms with van der Waals surface area (Å²) in [5, 5.41) is 5.81. The second-order valence-electron chi connectivity index (χ2n) is 5.68. The Morgan fingerprint density at radius 3 is 2.67 bits per heavy atom. The molecule has 118 valence electrons. The Balaban J connectivity index is 2.22. The van der Waals surface area contributed by atoms with Gasteiger partial charge in [0.05, 0.1) is 7.11 Å². The molecule has 0 aromatic heterocycles. The minimum Gasteiger partial charge on any atom is -0.497 e. The van der Waals surface area contributed by atoms with Crippen molar-refractivity contribution in [2.75, 3.05) is 19.4 Å². The lowest BCUT2D eigenvalue weighted by Gasteiger charge is -2.37. The molecule has 0 saturated carbocycles. The average Bonchev–Trinajstić information content (AvgIpc) is 2.48. The van der Waals surface area contributed by atoms with E-state index in [-0.39, 0.29) is 0 Å². The molecule has 2 rings (SSSR count). The maximum atomic E-state index is 5.34. The van der Waals surface area contributed by atoms with E-state index in [0.717, 1.165) is 17.5 Å². The lowest BCUT2D eigenvalue weighted by molar-refractivity contribution is 0.414. The third-order valence-electron chi connectivity index (χ3n) is 4.18. The Bertz CT molecular complexity index is 466. The van der Waals surface area contributed by atoms with Crippen LogP contribution in [0.25, 0.3) is 0 Å². The van der Waals surface area contributed by atoms with Crippen molar-refractivity contribution in [1.82, 2.24) is 5.32 Å². The highest BCUT2D eigenvalue weighted by atomic mass is 32.2. The fourth-order valence-corrected chi connectivity index (χ4v) is 5.88. The third kappa shape index (κ3) is 4.11. The Labute approximate surface area is 137 Å².